The maximum atomic E-state index is 13.6. The highest BCUT2D eigenvalue weighted by Gasteiger charge is 2.10. The number of rotatable bonds is 5. The van der Waals surface area contributed by atoms with E-state index in [1.54, 1.807) is 18.2 Å². The predicted octanol–water partition coefficient (Wildman–Crippen LogP) is 3.79. The average molecular weight is 336 g/mol. The van der Waals surface area contributed by atoms with Crippen LogP contribution in [-0.4, -0.2) is 15.9 Å². The largest absolute Gasteiger partial charge is 0.365 e. The molecule has 0 aliphatic heterocycles. The molecular weight excluding hydrogens is 319 g/mol. The maximum absolute atomic E-state index is 13.6. The molecule has 5 nitrogen and oxygen atoms in total. The molecule has 6 heteroatoms. The molecule has 1 heterocycles. The molecular formula is C19H17FN4O. The fraction of sp³-hybridized carbons (Fsp3) is 0.105. The number of hydrogen-bond donors (Lipinski definition) is 2. The molecule has 0 bridgehead atoms. The molecule has 126 valence electrons. The van der Waals surface area contributed by atoms with Crippen LogP contribution < -0.4 is 10.6 Å². The minimum Gasteiger partial charge on any atom is -0.365 e. The lowest BCUT2D eigenvalue weighted by molar-refractivity contribution is 0.102. The van der Waals surface area contributed by atoms with E-state index in [9.17, 15) is 9.18 Å². The van der Waals surface area contributed by atoms with Gasteiger partial charge < -0.3 is 10.6 Å². The van der Waals surface area contributed by atoms with Crippen molar-refractivity contribution in [1.82, 2.24) is 9.97 Å². The van der Waals surface area contributed by atoms with Crippen molar-refractivity contribution in [3.05, 3.63) is 83.6 Å². The number of carbonyl (C=O) groups is 1. The van der Waals surface area contributed by atoms with Crippen LogP contribution in [0.25, 0.3) is 0 Å². The second-order valence-electron chi connectivity index (χ2n) is 5.50. The molecule has 0 unspecified atom stereocenters. The molecule has 2 N–H and O–H groups in total. The Hall–Kier alpha value is -3.28. The van der Waals surface area contributed by atoms with Crippen LogP contribution in [0, 0.1) is 12.7 Å². The summed E-state index contributed by atoms with van der Waals surface area (Å²) >= 11 is 0. The third kappa shape index (κ3) is 4.17. The Kier molecular flexibility index (Phi) is 4.99. The Balaban J connectivity index is 1.63. The van der Waals surface area contributed by atoms with Crippen LogP contribution >= 0.6 is 0 Å². The van der Waals surface area contributed by atoms with Gasteiger partial charge in [-0.1, -0.05) is 36.4 Å². The van der Waals surface area contributed by atoms with Crippen LogP contribution in [0.3, 0.4) is 0 Å². The fourth-order valence-electron chi connectivity index (χ4n) is 2.26. The number of carbonyl (C=O) groups excluding carboxylic acids is 1. The molecule has 0 aliphatic rings. The first-order valence-corrected chi connectivity index (χ1v) is 7.80. The summed E-state index contributed by atoms with van der Waals surface area (Å²) in [5, 5.41) is 5.78. The minimum atomic E-state index is -0.331. The first-order chi connectivity index (χ1) is 12.1. The van der Waals surface area contributed by atoms with Crippen LogP contribution in [-0.2, 0) is 6.54 Å². The molecule has 0 saturated heterocycles. The topological polar surface area (TPSA) is 66.9 Å². The third-order valence-electron chi connectivity index (χ3n) is 3.70. The first-order valence-electron chi connectivity index (χ1n) is 7.80. The molecule has 3 aromatic rings. The van der Waals surface area contributed by atoms with Gasteiger partial charge in [-0.05, 0) is 24.6 Å². The van der Waals surface area contributed by atoms with Crippen molar-refractivity contribution in [2.24, 2.45) is 0 Å². The number of halogens is 1. The Morgan fingerprint density at radius 3 is 2.52 bits per heavy atom. The van der Waals surface area contributed by atoms with Crippen molar-refractivity contribution >= 4 is 17.4 Å². The predicted molar refractivity (Wildman–Crippen MR) is 94.9 cm³/mol. The zero-order valence-electron chi connectivity index (χ0n) is 13.7. The summed E-state index contributed by atoms with van der Waals surface area (Å²) in [6.45, 7) is 2.20. The summed E-state index contributed by atoms with van der Waals surface area (Å²) in [5.74, 6) is -0.143. The number of aryl methyl sites for hydroxylation is 1. The zero-order valence-corrected chi connectivity index (χ0v) is 13.7. The summed E-state index contributed by atoms with van der Waals surface area (Å²) in [7, 11) is 0. The normalized spacial score (nSPS) is 10.3. The first kappa shape index (κ1) is 16.6. The minimum absolute atomic E-state index is 0.208. The van der Waals surface area contributed by atoms with E-state index in [0.717, 1.165) is 11.3 Å². The zero-order chi connectivity index (χ0) is 17.6. The molecule has 2 aromatic carbocycles. The Morgan fingerprint density at radius 2 is 1.80 bits per heavy atom. The van der Waals surface area contributed by atoms with Crippen LogP contribution in [0.5, 0.6) is 0 Å². The number of amides is 1. The van der Waals surface area contributed by atoms with Gasteiger partial charge in [0.15, 0.2) is 0 Å². The summed E-state index contributed by atoms with van der Waals surface area (Å²) in [6, 6.07) is 14.0. The molecule has 1 aromatic heterocycles. The molecule has 0 saturated carbocycles. The van der Waals surface area contributed by atoms with Crippen LogP contribution in [0.1, 0.15) is 21.6 Å². The van der Waals surface area contributed by atoms with E-state index < -0.39 is 0 Å². The van der Waals surface area contributed by atoms with E-state index in [0.29, 0.717) is 11.4 Å². The highest BCUT2D eigenvalue weighted by molar-refractivity contribution is 6.03. The van der Waals surface area contributed by atoms with Gasteiger partial charge in [0.05, 0.1) is 12.4 Å². The van der Waals surface area contributed by atoms with Gasteiger partial charge in [-0.15, -0.1) is 0 Å². The van der Waals surface area contributed by atoms with Crippen molar-refractivity contribution in [2.45, 2.75) is 13.5 Å². The van der Waals surface area contributed by atoms with E-state index >= 15 is 0 Å². The van der Waals surface area contributed by atoms with E-state index in [4.69, 9.17) is 0 Å². The Morgan fingerprint density at radius 1 is 1.04 bits per heavy atom. The lowest BCUT2D eigenvalue weighted by Gasteiger charge is -2.09. The van der Waals surface area contributed by atoms with E-state index in [2.05, 4.69) is 20.6 Å². The van der Waals surface area contributed by atoms with E-state index in [1.807, 2.05) is 31.2 Å². The van der Waals surface area contributed by atoms with Gasteiger partial charge in [0.25, 0.3) is 5.91 Å². The molecule has 0 atom stereocenters. The monoisotopic (exact) mass is 336 g/mol. The smallest absolute Gasteiger partial charge is 0.275 e. The molecule has 0 spiro atoms. The van der Waals surface area contributed by atoms with Crippen molar-refractivity contribution in [3.63, 3.8) is 0 Å². The van der Waals surface area contributed by atoms with Crippen LogP contribution in [0.4, 0.5) is 15.9 Å². The van der Waals surface area contributed by atoms with Crippen molar-refractivity contribution in [3.8, 4) is 0 Å². The summed E-state index contributed by atoms with van der Waals surface area (Å²) in [5.41, 5.74) is 2.44. The van der Waals surface area contributed by atoms with Crippen molar-refractivity contribution < 1.29 is 9.18 Å². The molecule has 0 radical (unpaired) electrons. The number of nitrogens with one attached hydrogen (secondary N) is 2. The number of nitrogens with zero attached hydrogens (tertiary/aromatic N) is 2. The highest BCUT2D eigenvalue weighted by atomic mass is 19.1. The standard InChI is InChI=1S/C19H17FN4O/c1-13-6-2-5-9-16(13)24-19(25)17-11-23-18(12-21-17)22-10-14-7-3-4-8-15(14)20/h2-9,11-12H,10H2,1H3,(H,22,23)(H,24,25). The number of anilines is 2. The van der Waals surface area contributed by atoms with Crippen molar-refractivity contribution in [2.75, 3.05) is 10.6 Å². The van der Waals surface area contributed by atoms with E-state index in [-0.39, 0.29) is 24.0 Å². The van der Waals surface area contributed by atoms with Gasteiger partial charge in [-0.2, -0.15) is 0 Å². The average Bonchev–Trinajstić information content (AvgIpc) is 2.63. The summed E-state index contributed by atoms with van der Waals surface area (Å²) < 4.78 is 13.6. The Bertz CT molecular complexity index is 881. The quantitative estimate of drug-likeness (QED) is 0.744. The van der Waals surface area contributed by atoms with Gasteiger partial charge in [-0.3, -0.25) is 4.79 Å². The van der Waals surface area contributed by atoms with Gasteiger partial charge in [-0.25, -0.2) is 14.4 Å². The fourth-order valence-corrected chi connectivity index (χ4v) is 2.26. The molecule has 3 rings (SSSR count). The van der Waals surface area contributed by atoms with Gasteiger partial charge in [0.2, 0.25) is 0 Å². The number of benzene rings is 2. The highest BCUT2D eigenvalue weighted by Crippen LogP contribution is 2.14. The number of para-hydroxylation sites is 1. The second kappa shape index (κ2) is 7.53. The molecule has 25 heavy (non-hydrogen) atoms. The second-order valence-corrected chi connectivity index (χ2v) is 5.50. The van der Waals surface area contributed by atoms with Crippen LogP contribution in [0.15, 0.2) is 60.9 Å². The SMILES string of the molecule is Cc1ccccc1NC(=O)c1cnc(NCc2ccccc2F)cn1. The van der Waals surface area contributed by atoms with Gasteiger partial charge in [0, 0.05) is 17.8 Å². The van der Waals surface area contributed by atoms with Crippen molar-refractivity contribution in [1.29, 1.82) is 0 Å². The Labute approximate surface area is 145 Å². The lowest BCUT2D eigenvalue weighted by Crippen LogP contribution is -2.15. The molecule has 1 amide bonds. The van der Waals surface area contributed by atoms with E-state index in [1.165, 1.54) is 18.5 Å². The number of hydrogen-bond acceptors (Lipinski definition) is 4. The molecule has 0 fully saturated rings. The third-order valence-corrected chi connectivity index (χ3v) is 3.70. The number of aromatic nitrogens is 2. The van der Waals surface area contributed by atoms with Crippen LogP contribution in [0.2, 0.25) is 0 Å². The lowest BCUT2D eigenvalue weighted by atomic mass is 10.2. The van der Waals surface area contributed by atoms with Gasteiger partial charge >= 0.3 is 0 Å². The van der Waals surface area contributed by atoms with Gasteiger partial charge in [0.1, 0.15) is 17.3 Å². The summed E-state index contributed by atoms with van der Waals surface area (Å²) in [4.78, 5) is 20.5. The summed E-state index contributed by atoms with van der Waals surface area (Å²) in [6.07, 6.45) is 2.84. The maximum Gasteiger partial charge on any atom is 0.275 e. The molecule has 0 aliphatic carbocycles.